The van der Waals surface area contributed by atoms with E-state index in [9.17, 15) is 9.18 Å². The Hall–Kier alpha value is -3.79. The van der Waals surface area contributed by atoms with E-state index < -0.39 is 18.4 Å². The van der Waals surface area contributed by atoms with Gasteiger partial charge in [-0.05, 0) is 68.7 Å². The van der Waals surface area contributed by atoms with Crippen molar-refractivity contribution in [3.05, 3.63) is 77.9 Å². The summed E-state index contributed by atoms with van der Waals surface area (Å²) in [5, 5.41) is 0.937. The number of ether oxygens (including phenoxy) is 4. The summed E-state index contributed by atoms with van der Waals surface area (Å²) >= 11 is 1.61. The molecule has 0 saturated heterocycles. The van der Waals surface area contributed by atoms with Crippen molar-refractivity contribution in [1.29, 1.82) is 0 Å². The minimum absolute atomic E-state index is 0.171. The first-order chi connectivity index (χ1) is 20.3. The van der Waals surface area contributed by atoms with Crippen LogP contribution in [0.3, 0.4) is 0 Å². The third-order valence-corrected chi connectivity index (χ3v) is 7.13. The molecule has 1 amide bonds. The van der Waals surface area contributed by atoms with Crippen LogP contribution >= 0.6 is 11.3 Å². The van der Waals surface area contributed by atoms with Crippen LogP contribution in [0.4, 0.5) is 14.9 Å². The van der Waals surface area contributed by atoms with Crippen LogP contribution in [0, 0.1) is 0 Å². The molecule has 42 heavy (non-hydrogen) atoms. The van der Waals surface area contributed by atoms with Crippen LogP contribution in [-0.4, -0.2) is 57.0 Å². The monoisotopic (exact) mass is 592 g/mol. The van der Waals surface area contributed by atoms with Gasteiger partial charge >= 0.3 is 6.09 Å². The molecule has 3 aromatic carbocycles. The van der Waals surface area contributed by atoms with E-state index in [1.165, 1.54) is 4.90 Å². The Morgan fingerprint density at radius 1 is 0.976 bits per heavy atom. The number of aromatic nitrogens is 1. The molecule has 9 heteroatoms. The third kappa shape index (κ3) is 9.11. The second-order valence-electron chi connectivity index (χ2n) is 10.5. The number of rotatable bonds is 13. The molecule has 222 valence electrons. The minimum Gasteiger partial charge on any atom is -0.468 e. The smallest absolute Gasteiger partial charge is 0.414 e. The van der Waals surface area contributed by atoms with E-state index in [4.69, 9.17) is 23.9 Å². The molecule has 0 fully saturated rings. The largest absolute Gasteiger partial charge is 0.468 e. The molecule has 0 N–H and O–H groups in total. The molecule has 4 aromatic rings. The number of benzene rings is 3. The maximum atomic E-state index is 12.8. The van der Waals surface area contributed by atoms with E-state index in [0.29, 0.717) is 18.9 Å². The lowest BCUT2D eigenvalue weighted by Crippen LogP contribution is -2.37. The number of amides is 1. The lowest BCUT2D eigenvalue weighted by Gasteiger charge is -2.27. The van der Waals surface area contributed by atoms with Gasteiger partial charge in [0.25, 0.3) is 0 Å². The fraction of sp³-hybridized carbons (Fsp3) is 0.333. The lowest BCUT2D eigenvalue weighted by molar-refractivity contribution is -0.00840. The van der Waals surface area contributed by atoms with Gasteiger partial charge in [0.15, 0.2) is 6.79 Å². The molecule has 0 atom stereocenters. The number of fused-ring (bicyclic) bond motifs is 1. The molecule has 0 aliphatic heterocycles. The zero-order chi connectivity index (χ0) is 30.0. The molecule has 0 radical (unpaired) electrons. The number of thiazole rings is 1. The van der Waals surface area contributed by atoms with Crippen molar-refractivity contribution in [3.63, 3.8) is 0 Å². The van der Waals surface area contributed by atoms with E-state index in [1.54, 1.807) is 18.4 Å². The number of hydrogen-bond acceptors (Lipinski definition) is 7. The zero-order valence-electron chi connectivity index (χ0n) is 24.5. The number of alkyl halides is 1. The second-order valence-corrected chi connectivity index (χ2v) is 11.6. The van der Waals surface area contributed by atoms with Crippen molar-refractivity contribution in [2.45, 2.75) is 32.8 Å². The van der Waals surface area contributed by atoms with Crippen LogP contribution in [-0.2, 0) is 14.2 Å². The van der Waals surface area contributed by atoms with Gasteiger partial charge in [0.2, 0.25) is 0 Å². The third-order valence-electron chi connectivity index (χ3n) is 6.06. The number of carbonyl (C=O) groups is 1. The van der Waals surface area contributed by atoms with Gasteiger partial charge in [0.1, 0.15) is 16.4 Å². The number of carbonyl (C=O) groups excluding carboxylic acids is 1. The highest BCUT2D eigenvalue weighted by molar-refractivity contribution is 7.21. The average molecular weight is 593 g/mol. The number of methoxy groups -OCH3 is 1. The Balaban J connectivity index is 1.38. The summed E-state index contributed by atoms with van der Waals surface area (Å²) < 4.78 is 35.4. The summed E-state index contributed by atoms with van der Waals surface area (Å²) in [7, 11) is 1.63. The summed E-state index contributed by atoms with van der Waals surface area (Å²) in [4.78, 5) is 18.9. The number of halogens is 1. The van der Waals surface area contributed by atoms with Crippen molar-refractivity contribution in [1.82, 2.24) is 4.98 Å². The molecule has 0 bridgehead atoms. The molecule has 0 aliphatic rings. The molecular weight excluding hydrogens is 555 g/mol. The fourth-order valence-corrected chi connectivity index (χ4v) is 4.98. The van der Waals surface area contributed by atoms with Gasteiger partial charge in [0, 0.05) is 24.9 Å². The Kier molecular flexibility index (Phi) is 11.1. The van der Waals surface area contributed by atoms with E-state index in [2.05, 4.69) is 24.3 Å². The van der Waals surface area contributed by atoms with Gasteiger partial charge in [-0.15, -0.1) is 11.3 Å². The van der Waals surface area contributed by atoms with Gasteiger partial charge in [-0.2, -0.15) is 0 Å². The van der Waals surface area contributed by atoms with Crippen LogP contribution in [0.15, 0.2) is 66.7 Å². The van der Waals surface area contributed by atoms with E-state index >= 15 is 0 Å². The number of anilines is 1. The van der Waals surface area contributed by atoms with Crippen molar-refractivity contribution < 1.29 is 28.1 Å². The maximum absolute atomic E-state index is 12.8. The van der Waals surface area contributed by atoms with Gasteiger partial charge < -0.3 is 18.9 Å². The van der Waals surface area contributed by atoms with Crippen LogP contribution in [0.5, 0.6) is 5.75 Å². The number of nitrogens with zero attached hydrogens (tertiary/aromatic N) is 2. The van der Waals surface area contributed by atoms with E-state index in [1.807, 2.05) is 75.4 Å². The zero-order valence-corrected chi connectivity index (χ0v) is 25.3. The van der Waals surface area contributed by atoms with E-state index in [-0.39, 0.29) is 19.8 Å². The van der Waals surface area contributed by atoms with Crippen LogP contribution in [0.1, 0.15) is 38.3 Å². The van der Waals surface area contributed by atoms with Gasteiger partial charge in [-0.25, -0.2) is 9.78 Å². The summed E-state index contributed by atoms with van der Waals surface area (Å²) in [6, 6.07) is 21.6. The fourth-order valence-electron chi connectivity index (χ4n) is 3.98. The van der Waals surface area contributed by atoms with Crippen LogP contribution in [0.2, 0.25) is 0 Å². The molecule has 7 nitrogen and oxygen atoms in total. The molecule has 0 saturated carbocycles. The second kappa shape index (κ2) is 14.9. The first-order valence-electron chi connectivity index (χ1n) is 13.8. The highest BCUT2D eigenvalue weighted by Gasteiger charge is 2.23. The highest BCUT2D eigenvalue weighted by atomic mass is 32.1. The first-order valence-corrected chi connectivity index (χ1v) is 14.6. The first kappa shape index (κ1) is 31.2. The Morgan fingerprint density at radius 3 is 2.31 bits per heavy atom. The average Bonchev–Trinajstić information content (AvgIpc) is 3.40. The molecule has 0 unspecified atom stereocenters. The molecule has 1 heterocycles. The Morgan fingerprint density at radius 2 is 1.67 bits per heavy atom. The van der Waals surface area contributed by atoms with Gasteiger partial charge in [0.05, 0.1) is 30.1 Å². The van der Waals surface area contributed by atoms with Gasteiger partial charge in [-0.3, -0.25) is 9.29 Å². The summed E-state index contributed by atoms with van der Waals surface area (Å²) in [5.41, 5.74) is 4.03. The Labute approximate surface area is 250 Å². The van der Waals surface area contributed by atoms with Crippen molar-refractivity contribution in [3.8, 4) is 16.3 Å². The van der Waals surface area contributed by atoms with Crippen LogP contribution < -0.4 is 9.64 Å². The molecule has 4 rings (SSSR count). The summed E-state index contributed by atoms with van der Waals surface area (Å²) in [5.74, 6) is 0.737. The molecule has 1 aromatic heterocycles. The molecule has 0 spiro atoms. The normalized spacial score (nSPS) is 11.7. The topological polar surface area (TPSA) is 70.1 Å². The minimum atomic E-state index is -0.630. The van der Waals surface area contributed by atoms with Crippen molar-refractivity contribution in [2.75, 3.05) is 45.2 Å². The molecule has 0 aliphatic carbocycles. The molecular formula is C33H37FN2O5S. The number of hydrogen-bond donors (Lipinski definition) is 0. The predicted octanol–water partition coefficient (Wildman–Crippen LogP) is 8.23. The Bertz CT molecular complexity index is 1460. The maximum Gasteiger partial charge on any atom is 0.414 e. The summed E-state index contributed by atoms with van der Waals surface area (Å²) in [6.45, 7) is 6.37. The highest BCUT2D eigenvalue weighted by Crippen LogP contribution is 2.32. The summed E-state index contributed by atoms with van der Waals surface area (Å²) in [6.07, 6.45) is 3.80. The van der Waals surface area contributed by atoms with Gasteiger partial charge in [-0.1, -0.05) is 48.6 Å². The lowest BCUT2D eigenvalue weighted by atomic mass is 10.1. The van der Waals surface area contributed by atoms with Crippen molar-refractivity contribution in [2.24, 2.45) is 0 Å². The SMILES string of the molecule is COCCOCOc1ccc2nc(-c3ccc(/C=C/c4ccc(N(CCCF)C(=O)OC(C)(C)C)cc4)cc3)sc2c1. The predicted molar refractivity (Wildman–Crippen MR) is 168 cm³/mol. The van der Waals surface area contributed by atoms with E-state index in [0.717, 1.165) is 37.7 Å². The standard InChI is InChI=1S/C33H37FN2O5S/c1-33(2,3)41-32(37)36(19-5-18-34)27-14-10-25(11-15-27)7-6-24-8-12-26(13-9-24)31-35-29-17-16-28(22-30(29)42-31)40-23-39-21-20-38-4/h6-17,22H,5,18-21,23H2,1-4H3/b7-6+. The van der Waals surface area contributed by atoms with Crippen molar-refractivity contribution >= 4 is 45.5 Å². The van der Waals surface area contributed by atoms with Crippen LogP contribution in [0.25, 0.3) is 32.9 Å². The quantitative estimate of drug-likeness (QED) is 0.0885.